The van der Waals surface area contributed by atoms with Gasteiger partial charge in [-0.05, 0) is 24.6 Å². The zero-order valence-electron chi connectivity index (χ0n) is 15.7. The number of amides is 1. The highest BCUT2D eigenvalue weighted by atomic mass is 32.2. The smallest absolute Gasteiger partial charge is 0.410 e. The van der Waals surface area contributed by atoms with Gasteiger partial charge in [0.2, 0.25) is 0 Å². The van der Waals surface area contributed by atoms with Gasteiger partial charge in [-0.1, -0.05) is 48.0 Å². The van der Waals surface area contributed by atoms with Crippen LogP contribution in [0.25, 0.3) is 0 Å². The summed E-state index contributed by atoms with van der Waals surface area (Å²) in [6, 6.07) is 13.8. The van der Waals surface area contributed by atoms with Gasteiger partial charge in [-0.25, -0.2) is 9.59 Å². The summed E-state index contributed by atoms with van der Waals surface area (Å²) in [5, 5.41) is 9.43. The molecule has 29 heavy (non-hydrogen) atoms. The van der Waals surface area contributed by atoms with Gasteiger partial charge < -0.3 is 9.84 Å². The van der Waals surface area contributed by atoms with Crippen LogP contribution in [-0.4, -0.2) is 49.2 Å². The number of nitrogens with zero attached hydrogens (tertiary/aromatic N) is 1. The Morgan fingerprint density at radius 1 is 1.10 bits per heavy atom. The number of rotatable bonds is 6. The number of ether oxygens (including phenoxy) is 1. The van der Waals surface area contributed by atoms with E-state index in [4.69, 9.17) is 8.92 Å². The SMILES string of the molecule is Cc1ccc(S(=O)(=O)OC2CC(C(=O)O)N(C(=O)OCc3ccccc3)C2)cc1. The first-order valence-electron chi connectivity index (χ1n) is 8.96. The van der Waals surface area contributed by atoms with Crippen LogP contribution in [-0.2, 0) is 30.4 Å². The van der Waals surface area contributed by atoms with Crippen molar-refractivity contribution < 1.29 is 32.0 Å². The van der Waals surface area contributed by atoms with Crippen LogP contribution in [0.4, 0.5) is 4.79 Å². The molecule has 154 valence electrons. The largest absolute Gasteiger partial charge is 0.480 e. The summed E-state index contributed by atoms with van der Waals surface area (Å²) in [4.78, 5) is 24.9. The van der Waals surface area contributed by atoms with Gasteiger partial charge in [-0.3, -0.25) is 9.08 Å². The number of benzene rings is 2. The second-order valence-corrected chi connectivity index (χ2v) is 8.34. The van der Waals surface area contributed by atoms with Crippen LogP contribution in [0.1, 0.15) is 17.5 Å². The predicted octanol–water partition coefficient (Wildman–Crippen LogP) is 2.56. The topological polar surface area (TPSA) is 110 Å². The number of hydrogen-bond donors (Lipinski definition) is 1. The molecule has 9 heteroatoms. The minimum Gasteiger partial charge on any atom is -0.480 e. The molecule has 1 amide bonds. The third kappa shape index (κ3) is 5.12. The molecule has 1 fully saturated rings. The van der Waals surface area contributed by atoms with Gasteiger partial charge in [0.1, 0.15) is 12.6 Å². The van der Waals surface area contributed by atoms with Crippen molar-refractivity contribution in [2.45, 2.75) is 37.0 Å². The second-order valence-electron chi connectivity index (χ2n) is 6.77. The Kier molecular flexibility index (Phi) is 6.19. The van der Waals surface area contributed by atoms with Crippen molar-refractivity contribution in [3.63, 3.8) is 0 Å². The third-order valence-corrected chi connectivity index (χ3v) is 5.93. The number of carbonyl (C=O) groups is 2. The van der Waals surface area contributed by atoms with Crippen LogP contribution in [0.5, 0.6) is 0 Å². The van der Waals surface area contributed by atoms with Gasteiger partial charge in [0.25, 0.3) is 10.1 Å². The van der Waals surface area contributed by atoms with Crippen molar-refractivity contribution in [1.82, 2.24) is 4.90 Å². The van der Waals surface area contributed by atoms with E-state index in [0.717, 1.165) is 16.0 Å². The second kappa shape index (κ2) is 8.62. The Morgan fingerprint density at radius 2 is 1.76 bits per heavy atom. The van der Waals surface area contributed by atoms with Crippen LogP contribution in [0, 0.1) is 6.92 Å². The van der Waals surface area contributed by atoms with E-state index < -0.39 is 34.3 Å². The molecule has 8 nitrogen and oxygen atoms in total. The average Bonchev–Trinajstić information content (AvgIpc) is 3.11. The zero-order chi connectivity index (χ0) is 21.0. The summed E-state index contributed by atoms with van der Waals surface area (Å²) in [5.41, 5.74) is 1.64. The van der Waals surface area contributed by atoms with Crippen molar-refractivity contribution in [3.05, 3.63) is 65.7 Å². The highest BCUT2D eigenvalue weighted by Crippen LogP contribution is 2.26. The minimum absolute atomic E-state index is 0.0182. The van der Waals surface area contributed by atoms with Gasteiger partial charge in [0, 0.05) is 6.42 Å². The molecular formula is C20H21NO7S. The average molecular weight is 419 g/mol. The lowest BCUT2D eigenvalue weighted by Gasteiger charge is -2.20. The van der Waals surface area contributed by atoms with E-state index in [1.54, 1.807) is 36.4 Å². The lowest BCUT2D eigenvalue weighted by molar-refractivity contribution is -0.141. The van der Waals surface area contributed by atoms with E-state index in [0.29, 0.717) is 0 Å². The normalized spacial score (nSPS) is 19.1. The zero-order valence-corrected chi connectivity index (χ0v) is 16.5. The molecule has 0 saturated carbocycles. The highest BCUT2D eigenvalue weighted by molar-refractivity contribution is 7.86. The molecule has 1 N–H and O–H groups in total. The van der Waals surface area contributed by atoms with Gasteiger partial charge in [0.05, 0.1) is 17.5 Å². The summed E-state index contributed by atoms with van der Waals surface area (Å²) in [7, 11) is -4.09. The molecular weight excluding hydrogens is 398 g/mol. The maximum Gasteiger partial charge on any atom is 0.410 e. The molecule has 2 unspecified atom stereocenters. The lowest BCUT2D eigenvalue weighted by atomic mass is 10.2. The molecule has 3 rings (SSSR count). The number of carbonyl (C=O) groups excluding carboxylic acids is 1. The highest BCUT2D eigenvalue weighted by Gasteiger charge is 2.43. The fourth-order valence-corrected chi connectivity index (χ4v) is 4.12. The summed E-state index contributed by atoms with van der Waals surface area (Å²) in [6.45, 7) is 1.61. The maximum atomic E-state index is 12.5. The minimum atomic E-state index is -4.09. The molecule has 1 aliphatic heterocycles. The number of carboxylic acid groups (broad SMARTS) is 1. The Balaban J connectivity index is 1.67. The van der Waals surface area contributed by atoms with Crippen LogP contribution in [0.3, 0.4) is 0 Å². The predicted molar refractivity (Wildman–Crippen MR) is 103 cm³/mol. The Labute approximate surface area is 168 Å². The fourth-order valence-electron chi connectivity index (χ4n) is 3.04. The van der Waals surface area contributed by atoms with Crippen molar-refractivity contribution >= 4 is 22.2 Å². The molecule has 1 saturated heterocycles. The monoisotopic (exact) mass is 419 g/mol. The lowest BCUT2D eigenvalue weighted by Crippen LogP contribution is -2.40. The van der Waals surface area contributed by atoms with Crippen LogP contribution in [0.15, 0.2) is 59.5 Å². The van der Waals surface area contributed by atoms with Crippen LogP contribution in [0.2, 0.25) is 0 Å². The van der Waals surface area contributed by atoms with Crippen LogP contribution < -0.4 is 0 Å². The number of aryl methyl sites for hydroxylation is 1. The van der Waals surface area contributed by atoms with Crippen molar-refractivity contribution in [2.75, 3.05) is 6.54 Å². The van der Waals surface area contributed by atoms with Crippen molar-refractivity contribution in [3.8, 4) is 0 Å². The molecule has 0 aromatic heterocycles. The van der Waals surface area contributed by atoms with E-state index >= 15 is 0 Å². The number of hydrogen-bond acceptors (Lipinski definition) is 6. The molecule has 0 bridgehead atoms. The molecule has 1 aliphatic rings. The number of carboxylic acids is 1. The van der Waals surface area contributed by atoms with E-state index in [1.165, 1.54) is 12.1 Å². The summed E-state index contributed by atoms with van der Waals surface area (Å²) >= 11 is 0. The molecule has 2 atom stereocenters. The summed E-state index contributed by atoms with van der Waals surface area (Å²) in [5.74, 6) is -1.25. The molecule has 2 aromatic carbocycles. The van der Waals surface area contributed by atoms with Gasteiger partial charge >= 0.3 is 12.1 Å². The summed E-state index contributed by atoms with van der Waals surface area (Å²) < 4.78 is 35.3. The third-order valence-electron chi connectivity index (χ3n) is 4.56. The Bertz CT molecular complexity index is 974. The van der Waals surface area contributed by atoms with E-state index in [-0.39, 0.29) is 24.5 Å². The first-order valence-corrected chi connectivity index (χ1v) is 10.4. The van der Waals surface area contributed by atoms with Gasteiger partial charge in [-0.15, -0.1) is 0 Å². The molecule has 0 spiro atoms. The molecule has 1 heterocycles. The van der Waals surface area contributed by atoms with E-state index in [2.05, 4.69) is 0 Å². The first-order chi connectivity index (χ1) is 13.8. The Hall–Kier alpha value is -2.91. The standard InChI is InChI=1S/C20H21NO7S/c1-14-7-9-17(10-8-14)29(25,26)28-16-11-18(19(22)23)21(12-16)20(24)27-13-15-5-3-2-4-6-15/h2-10,16,18H,11-13H2,1H3,(H,22,23). The van der Waals surface area contributed by atoms with Crippen molar-refractivity contribution in [2.24, 2.45) is 0 Å². The summed E-state index contributed by atoms with van der Waals surface area (Å²) in [6.07, 6.45) is -1.97. The van der Waals surface area contributed by atoms with Crippen molar-refractivity contribution in [1.29, 1.82) is 0 Å². The first kappa shape index (κ1) is 20.8. The number of aliphatic carboxylic acids is 1. The van der Waals surface area contributed by atoms with Gasteiger partial charge in [-0.2, -0.15) is 8.42 Å². The molecule has 0 radical (unpaired) electrons. The van der Waals surface area contributed by atoms with E-state index in [1.807, 2.05) is 13.0 Å². The number of likely N-dealkylation sites (tertiary alicyclic amines) is 1. The fraction of sp³-hybridized carbons (Fsp3) is 0.300. The quantitative estimate of drug-likeness (QED) is 0.717. The van der Waals surface area contributed by atoms with Crippen LogP contribution >= 0.6 is 0 Å². The maximum absolute atomic E-state index is 12.5. The molecule has 0 aliphatic carbocycles. The Morgan fingerprint density at radius 3 is 2.38 bits per heavy atom. The molecule has 2 aromatic rings. The van der Waals surface area contributed by atoms with Gasteiger partial charge in [0.15, 0.2) is 0 Å². The van der Waals surface area contributed by atoms with E-state index in [9.17, 15) is 23.1 Å².